The van der Waals surface area contributed by atoms with Crippen LogP contribution >= 0.6 is 0 Å². The molecule has 3 aliphatic rings. The summed E-state index contributed by atoms with van der Waals surface area (Å²) in [4.78, 5) is 35.9. The molecular formula is C18H21N3O3. The molecular weight excluding hydrogens is 306 g/mol. The fourth-order valence-corrected chi connectivity index (χ4v) is 4.21. The van der Waals surface area contributed by atoms with Crippen molar-refractivity contribution >= 4 is 17.8 Å². The minimum absolute atomic E-state index is 0.00436. The van der Waals surface area contributed by atoms with Crippen LogP contribution in [0.5, 0.6) is 0 Å². The normalized spacial score (nSPS) is 35.8. The second-order valence-electron chi connectivity index (χ2n) is 7.92. The Bertz CT molecular complexity index is 737. The van der Waals surface area contributed by atoms with Crippen LogP contribution < -0.4 is 16.0 Å². The van der Waals surface area contributed by atoms with Gasteiger partial charge in [-0.1, -0.05) is 44.2 Å². The summed E-state index contributed by atoms with van der Waals surface area (Å²) < 4.78 is 0. The Labute approximate surface area is 140 Å². The number of urea groups is 1. The van der Waals surface area contributed by atoms with Crippen LogP contribution in [-0.2, 0) is 15.1 Å². The van der Waals surface area contributed by atoms with Gasteiger partial charge in [-0.25, -0.2) is 4.79 Å². The number of rotatable bonds is 3. The first-order chi connectivity index (χ1) is 11.3. The summed E-state index contributed by atoms with van der Waals surface area (Å²) in [6.45, 7) is 4.29. The highest BCUT2D eigenvalue weighted by Crippen LogP contribution is 2.62. The number of carbonyl (C=O) groups excluding carboxylic acids is 3. The summed E-state index contributed by atoms with van der Waals surface area (Å²) in [7, 11) is 0. The van der Waals surface area contributed by atoms with E-state index in [1.165, 1.54) is 0 Å². The van der Waals surface area contributed by atoms with Crippen LogP contribution in [0.15, 0.2) is 30.3 Å². The molecule has 126 valence electrons. The Morgan fingerprint density at radius 1 is 1.17 bits per heavy atom. The van der Waals surface area contributed by atoms with Crippen molar-refractivity contribution in [3.63, 3.8) is 0 Å². The third kappa shape index (κ3) is 1.98. The van der Waals surface area contributed by atoms with Crippen molar-refractivity contribution in [2.45, 2.75) is 44.2 Å². The van der Waals surface area contributed by atoms with Gasteiger partial charge in [0.05, 0.1) is 5.54 Å². The predicted molar refractivity (Wildman–Crippen MR) is 86.8 cm³/mol. The first kappa shape index (κ1) is 15.2. The average molecular weight is 327 g/mol. The van der Waals surface area contributed by atoms with Crippen LogP contribution in [0, 0.1) is 11.3 Å². The molecule has 24 heavy (non-hydrogen) atoms. The number of benzene rings is 1. The molecule has 3 N–H and O–H groups in total. The lowest BCUT2D eigenvalue weighted by Crippen LogP contribution is -2.60. The van der Waals surface area contributed by atoms with Crippen LogP contribution in [-0.4, -0.2) is 23.4 Å². The molecule has 4 amide bonds. The van der Waals surface area contributed by atoms with Crippen LogP contribution in [0.1, 0.15) is 38.7 Å². The molecule has 2 saturated carbocycles. The van der Waals surface area contributed by atoms with Crippen molar-refractivity contribution in [3.05, 3.63) is 35.9 Å². The fraction of sp³-hybridized carbons (Fsp3) is 0.500. The van der Waals surface area contributed by atoms with Crippen LogP contribution in [0.4, 0.5) is 4.79 Å². The number of hydrogen-bond acceptors (Lipinski definition) is 3. The minimum Gasteiger partial charge on any atom is -0.346 e. The van der Waals surface area contributed by atoms with E-state index < -0.39 is 11.6 Å². The maximum Gasteiger partial charge on any atom is 0.322 e. The molecule has 0 aromatic heterocycles. The second kappa shape index (κ2) is 4.59. The van der Waals surface area contributed by atoms with Gasteiger partial charge in [-0.05, 0) is 30.2 Å². The largest absolute Gasteiger partial charge is 0.346 e. The molecule has 0 bridgehead atoms. The maximum absolute atomic E-state index is 12.7. The molecule has 1 saturated heterocycles. The lowest BCUT2D eigenvalue weighted by molar-refractivity contribution is -0.137. The molecule has 6 nitrogen and oxygen atoms in total. The van der Waals surface area contributed by atoms with E-state index in [0.29, 0.717) is 12.8 Å². The maximum atomic E-state index is 12.7. The van der Waals surface area contributed by atoms with Gasteiger partial charge in [-0.3, -0.25) is 14.9 Å². The van der Waals surface area contributed by atoms with Gasteiger partial charge in [0.25, 0.3) is 5.91 Å². The van der Waals surface area contributed by atoms with Crippen LogP contribution in [0.2, 0.25) is 0 Å². The van der Waals surface area contributed by atoms with Gasteiger partial charge in [-0.2, -0.15) is 0 Å². The zero-order valence-corrected chi connectivity index (χ0v) is 13.8. The highest BCUT2D eigenvalue weighted by Gasteiger charge is 2.64. The highest BCUT2D eigenvalue weighted by atomic mass is 16.2. The zero-order chi connectivity index (χ0) is 17.2. The first-order valence-corrected chi connectivity index (χ1v) is 8.29. The summed E-state index contributed by atoms with van der Waals surface area (Å²) in [5, 5.41) is 8.12. The van der Waals surface area contributed by atoms with Gasteiger partial charge in [-0.15, -0.1) is 0 Å². The smallest absolute Gasteiger partial charge is 0.322 e. The van der Waals surface area contributed by atoms with Crippen molar-refractivity contribution in [1.82, 2.24) is 16.0 Å². The van der Waals surface area contributed by atoms with E-state index in [1.54, 1.807) is 0 Å². The van der Waals surface area contributed by atoms with Crippen molar-refractivity contribution < 1.29 is 14.4 Å². The third-order valence-electron chi connectivity index (χ3n) is 5.92. The molecule has 1 spiro atoms. The summed E-state index contributed by atoms with van der Waals surface area (Å²) in [6, 6.07) is 9.54. The van der Waals surface area contributed by atoms with Crippen molar-refractivity contribution in [2.24, 2.45) is 11.3 Å². The molecule has 1 aliphatic heterocycles. The molecule has 2 aliphatic carbocycles. The van der Waals surface area contributed by atoms with E-state index in [2.05, 4.69) is 29.8 Å². The molecule has 1 aromatic rings. The molecule has 6 heteroatoms. The van der Waals surface area contributed by atoms with Crippen LogP contribution in [0.3, 0.4) is 0 Å². The van der Waals surface area contributed by atoms with E-state index in [4.69, 9.17) is 0 Å². The fourth-order valence-electron chi connectivity index (χ4n) is 4.21. The standard InChI is InChI=1S/C18H21N3O3/c1-16(2)10-18(16,12-6-4-3-5-7-12)20-13(22)11-8-17(9-11)14(23)19-15(24)21-17/h3-7,11H,8-10H2,1-2H3,(H,20,22)(H2,19,21,23,24). The zero-order valence-electron chi connectivity index (χ0n) is 13.8. The van der Waals surface area contributed by atoms with Crippen molar-refractivity contribution in [3.8, 4) is 0 Å². The molecule has 1 aromatic carbocycles. The predicted octanol–water partition coefficient (Wildman–Crippen LogP) is 1.42. The van der Waals surface area contributed by atoms with Gasteiger partial charge >= 0.3 is 6.03 Å². The quantitative estimate of drug-likeness (QED) is 0.734. The van der Waals surface area contributed by atoms with Gasteiger partial charge in [0, 0.05) is 5.92 Å². The van der Waals surface area contributed by atoms with Crippen molar-refractivity contribution in [2.75, 3.05) is 0 Å². The number of nitrogens with one attached hydrogen (secondary N) is 3. The summed E-state index contributed by atoms with van der Waals surface area (Å²) >= 11 is 0. The Hall–Kier alpha value is -2.37. The van der Waals surface area contributed by atoms with E-state index in [1.807, 2.05) is 30.3 Å². The average Bonchev–Trinajstić information content (AvgIpc) is 2.89. The van der Waals surface area contributed by atoms with E-state index >= 15 is 0 Å². The number of amides is 4. The summed E-state index contributed by atoms with van der Waals surface area (Å²) in [6.07, 6.45) is 1.62. The Balaban J connectivity index is 1.47. The molecule has 3 fully saturated rings. The Morgan fingerprint density at radius 3 is 2.29 bits per heavy atom. The highest BCUT2D eigenvalue weighted by molar-refractivity contribution is 6.08. The van der Waals surface area contributed by atoms with E-state index in [-0.39, 0.29) is 28.7 Å². The first-order valence-electron chi connectivity index (χ1n) is 8.29. The summed E-state index contributed by atoms with van der Waals surface area (Å²) in [5.74, 6) is -0.601. The molecule has 1 unspecified atom stereocenters. The van der Waals surface area contributed by atoms with E-state index in [9.17, 15) is 14.4 Å². The van der Waals surface area contributed by atoms with E-state index in [0.717, 1.165) is 12.0 Å². The lowest BCUT2D eigenvalue weighted by atomic mass is 9.67. The number of hydrogen-bond donors (Lipinski definition) is 3. The molecule has 4 rings (SSSR count). The van der Waals surface area contributed by atoms with Gasteiger partial charge in [0.15, 0.2) is 0 Å². The lowest BCUT2D eigenvalue weighted by Gasteiger charge is -2.42. The van der Waals surface area contributed by atoms with Crippen molar-refractivity contribution in [1.29, 1.82) is 0 Å². The Morgan fingerprint density at radius 2 is 1.79 bits per heavy atom. The van der Waals surface area contributed by atoms with Gasteiger partial charge < -0.3 is 10.6 Å². The monoisotopic (exact) mass is 327 g/mol. The number of carbonyl (C=O) groups is 3. The summed E-state index contributed by atoms with van der Waals surface area (Å²) in [5.41, 5.74) is -0.0955. The molecule has 1 atom stereocenters. The third-order valence-corrected chi connectivity index (χ3v) is 5.92. The second-order valence-corrected chi connectivity index (χ2v) is 7.92. The SMILES string of the molecule is CC1(C)CC1(NC(=O)C1CC2(C1)NC(=O)NC2=O)c1ccccc1. The minimum atomic E-state index is -0.877. The van der Waals surface area contributed by atoms with Gasteiger partial charge in [0.1, 0.15) is 5.54 Å². The topological polar surface area (TPSA) is 87.3 Å². The van der Waals surface area contributed by atoms with Crippen LogP contribution in [0.25, 0.3) is 0 Å². The molecule has 1 heterocycles. The van der Waals surface area contributed by atoms with Gasteiger partial charge in [0.2, 0.25) is 5.91 Å². The number of imide groups is 1. The Kier molecular flexibility index (Phi) is 2.90. The molecule has 0 radical (unpaired) electrons.